The molecule has 6 nitrogen and oxygen atoms in total. The predicted molar refractivity (Wildman–Crippen MR) is 111 cm³/mol. The summed E-state index contributed by atoms with van der Waals surface area (Å²) in [5, 5.41) is 6.43. The van der Waals surface area contributed by atoms with Crippen LogP contribution in [0.25, 0.3) is 0 Å². The molecule has 6 heteroatoms. The van der Waals surface area contributed by atoms with Crippen molar-refractivity contribution in [2.24, 2.45) is 10.4 Å². The number of amides is 2. The molecule has 2 N–H and O–H groups in total. The average molecular weight is 372 g/mol. The molecule has 2 fully saturated rings. The molecule has 3 rings (SSSR count). The zero-order valence-electron chi connectivity index (χ0n) is 16.9. The van der Waals surface area contributed by atoms with Crippen molar-refractivity contribution in [3.8, 4) is 0 Å². The van der Waals surface area contributed by atoms with Crippen molar-refractivity contribution >= 4 is 17.7 Å². The number of nitrogens with zero attached hydrogens (tertiary/aromatic N) is 3. The molecule has 0 bridgehead atoms. The van der Waals surface area contributed by atoms with Crippen LogP contribution in [0.5, 0.6) is 0 Å². The van der Waals surface area contributed by atoms with Crippen molar-refractivity contribution in [2.45, 2.75) is 46.6 Å². The lowest BCUT2D eigenvalue weighted by atomic mass is 9.93. The van der Waals surface area contributed by atoms with Crippen molar-refractivity contribution in [1.29, 1.82) is 0 Å². The fraction of sp³-hybridized carbons (Fsp3) is 0.619. The first-order valence-corrected chi connectivity index (χ1v) is 10.1. The zero-order valence-corrected chi connectivity index (χ0v) is 16.9. The van der Waals surface area contributed by atoms with Crippen LogP contribution in [0.15, 0.2) is 29.3 Å². The highest BCUT2D eigenvalue weighted by Crippen LogP contribution is 2.28. The largest absolute Gasteiger partial charge is 0.357 e. The molecule has 0 unspecified atom stereocenters. The highest BCUT2D eigenvalue weighted by Gasteiger charge is 2.30. The van der Waals surface area contributed by atoms with E-state index in [2.05, 4.69) is 42.4 Å². The number of anilines is 1. The molecule has 1 aromatic carbocycles. The van der Waals surface area contributed by atoms with Crippen molar-refractivity contribution < 1.29 is 4.79 Å². The lowest BCUT2D eigenvalue weighted by molar-refractivity contribution is 0.222. The molecule has 0 aromatic heterocycles. The van der Waals surface area contributed by atoms with Gasteiger partial charge in [-0.3, -0.25) is 0 Å². The molecule has 2 heterocycles. The number of carbonyl (C=O) groups is 1. The second-order valence-corrected chi connectivity index (χ2v) is 8.33. The first-order valence-electron chi connectivity index (χ1n) is 10.1. The molecule has 148 valence electrons. The van der Waals surface area contributed by atoms with Crippen molar-refractivity contribution in [2.75, 3.05) is 38.0 Å². The molecule has 0 spiro atoms. The van der Waals surface area contributed by atoms with Gasteiger partial charge in [0.25, 0.3) is 0 Å². The Labute approximate surface area is 163 Å². The van der Waals surface area contributed by atoms with Crippen LogP contribution < -0.4 is 10.6 Å². The number of benzene rings is 1. The van der Waals surface area contributed by atoms with Crippen LogP contribution in [-0.2, 0) is 6.54 Å². The topological polar surface area (TPSA) is 60.0 Å². The van der Waals surface area contributed by atoms with Gasteiger partial charge in [-0.2, -0.15) is 0 Å². The monoisotopic (exact) mass is 371 g/mol. The van der Waals surface area contributed by atoms with E-state index in [1.54, 1.807) is 0 Å². The minimum atomic E-state index is 0.000730. The van der Waals surface area contributed by atoms with Gasteiger partial charge in [-0.1, -0.05) is 26.0 Å². The second-order valence-electron chi connectivity index (χ2n) is 8.33. The lowest BCUT2D eigenvalue weighted by Crippen LogP contribution is -2.40. The van der Waals surface area contributed by atoms with Crippen LogP contribution in [0.3, 0.4) is 0 Å². The van der Waals surface area contributed by atoms with Gasteiger partial charge >= 0.3 is 6.03 Å². The van der Waals surface area contributed by atoms with E-state index in [1.807, 2.05) is 23.1 Å². The summed E-state index contributed by atoms with van der Waals surface area (Å²) in [6.07, 6.45) is 3.39. The number of carbonyl (C=O) groups excluding carboxylic acids is 1. The van der Waals surface area contributed by atoms with Gasteiger partial charge in [0.05, 0.1) is 6.54 Å². The van der Waals surface area contributed by atoms with E-state index < -0.39 is 0 Å². The summed E-state index contributed by atoms with van der Waals surface area (Å²) < 4.78 is 0. The first kappa shape index (κ1) is 19.5. The molecule has 1 aromatic rings. The third-order valence-electron chi connectivity index (χ3n) is 5.29. The lowest BCUT2D eigenvalue weighted by Gasteiger charge is -2.23. The third kappa shape index (κ3) is 5.37. The third-order valence-corrected chi connectivity index (χ3v) is 5.29. The minimum absolute atomic E-state index is 0.000730. The molecule has 2 amide bonds. The van der Waals surface area contributed by atoms with E-state index in [-0.39, 0.29) is 6.03 Å². The maximum Gasteiger partial charge on any atom is 0.321 e. The Morgan fingerprint density at radius 3 is 2.63 bits per heavy atom. The Hall–Kier alpha value is -2.24. The SMILES string of the molecule is CCNC(=NCc1cccc(NC(=O)N2CCCC2)c1)N1CCC(C)(C)C1. The Morgan fingerprint density at radius 2 is 1.96 bits per heavy atom. The van der Waals surface area contributed by atoms with Gasteiger partial charge in [-0.25, -0.2) is 9.79 Å². The minimum Gasteiger partial charge on any atom is -0.357 e. The van der Waals surface area contributed by atoms with E-state index >= 15 is 0 Å². The Balaban J connectivity index is 1.63. The van der Waals surface area contributed by atoms with Crippen LogP contribution in [0.4, 0.5) is 10.5 Å². The smallest absolute Gasteiger partial charge is 0.321 e. The average Bonchev–Trinajstić information content (AvgIpc) is 3.28. The number of guanidine groups is 1. The number of aliphatic imine (C=N–C) groups is 1. The standard InChI is InChI=1S/C21H33N5O/c1-4-22-19(26-13-10-21(2,3)16-26)23-15-17-8-7-9-18(14-17)24-20(27)25-11-5-6-12-25/h7-9,14H,4-6,10-13,15-16H2,1-3H3,(H,22,23)(H,24,27). The van der Waals surface area contributed by atoms with Gasteiger partial charge in [0.15, 0.2) is 5.96 Å². The summed E-state index contributed by atoms with van der Waals surface area (Å²) in [5.41, 5.74) is 2.28. The number of nitrogens with one attached hydrogen (secondary N) is 2. The quantitative estimate of drug-likeness (QED) is 0.629. The summed E-state index contributed by atoms with van der Waals surface area (Å²) in [6.45, 7) is 12.0. The highest BCUT2D eigenvalue weighted by atomic mass is 16.2. The first-order chi connectivity index (χ1) is 13.0. The normalized spacial score (nSPS) is 19.4. The number of likely N-dealkylation sites (tertiary alicyclic amines) is 2. The van der Waals surface area contributed by atoms with Crippen molar-refractivity contribution in [3.63, 3.8) is 0 Å². The van der Waals surface area contributed by atoms with Gasteiger partial charge in [0.1, 0.15) is 0 Å². The van der Waals surface area contributed by atoms with Crippen molar-refractivity contribution in [1.82, 2.24) is 15.1 Å². The molecule has 2 aliphatic rings. The predicted octanol–water partition coefficient (Wildman–Crippen LogP) is 3.51. The number of hydrogen-bond donors (Lipinski definition) is 2. The van der Waals surface area contributed by atoms with E-state index in [0.29, 0.717) is 12.0 Å². The van der Waals surface area contributed by atoms with Crippen LogP contribution in [0.1, 0.15) is 45.6 Å². The fourth-order valence-corrected chi connectivity index (χ4v) is 3.76. The summed E-state index contributed by atoms with van der Waals surface area (Å²) in [4.78, 5) is 21.3. The van der Waals surface area contributed by atoms with Crippen LogP contribution in [0.2, 0.25) is 0 Å². The molecule has 2 aliphatic heterocycles. The molecular weight excluding hydrogens is 338 g/mol. The van der Waals surface area contributed by atoms with E-state index in [4.69, 9.17) is 4.99 Å². The summed E-state index contributed by atoms with van der Waals surface area (Å²) in [7, 11) is 0. The molecule has 27 heavy (non-hydrogen) atoms. The number of urea groups is 1. The second kappa shape index (κ2) is 8.63. The van der Waals surface area contributed by atoms with Gasteiger partial charge in [-0.05, 0) is 49.3 Å². The Morgan fingerprint density at radius 1 is 1.19 bits per heavy atom. The van der Waals surface area contributed by atoms with Gasteiger partial charge < -0.3 is 20.4 Å². The van der Waals surface area contributed by atoms with Crippen LogP contribution in [-0.4, -0.2) is 54.5 Å². The number of hydrogen-bond acceptors (Lipinski definition) is 2. The van der Waals surface area contributed by atoms with E-state index in [0.717, 1.165) is 62.8 Å². The molecular formula is C21H33N5O. The van der Waals surface area contributed by atoms with Gasteiger partial charge in [0, 0.05) is 38.4 Å². The molecule has 2 saturated heterocycles. The highest BCUT2D eigenvalue weighted by molar-refractivity contribution is 5.89. The molecule has 0 saturated carbocycles. The number of rotatable bonds is 4. The summed E-state index contributed by atoms with van der Waals surface area (Å²) >= 11 is 0. The van der Waals surface area contributed by atoms with Crippen LogP contribution in [0, 0.1) is 5.41 Å². The van der Waals surface area contributed by atoms with E-state index in [9.17, 15) is 4.79 Å². The summed E-state index contributed by atoms with van der Waals surface area (Å²) in [6, 6.07) is 8.01. The zero-order chi connectivity index (χ0) is 19.3. The molecule has 0 atom stereocenters. The Kier molecular flexibility index (Phi) is 6.24. The van der Waals surface area contributed by atoms with Crippen molar-refractivity contribution in [3.05, 3.63) is 29.8 Å². The summed E-state index contributed by atoms with van der Waals surface area (Å²) in [5.74, 6) is 0.981. The van der Waals surface area contributed by atoms with Gasteiger partial charge in [-0.15, -0.1) is 0 Å². The van der Waals surface area contributed by atoms with Crippen LogP contribution >= 0.6 is 0 Å². The van der Waals surface area contributed by atoms with Gasteiger partial charge in [0.2, 0.25) is 0 Å². The molecule has 0 radical (unpaired) electrons. The molecule has 0 aliphatic carbocycles. The maximum absolute atomic E-state index is 12.3. The fourth-order valence-electron chi connectivity index (χ4n) is 3.76. The maximum atomic E-state index is 12.3. The Bertz CT molecular complexity index is 679. The van der Waals surface area contributed by atoms with E-state index in [1.165, 1.54) is 6.42 Å².